The Labute approximate surface area is 147 Å². The maximum absolute atomic E-state index is 12.5. The number of aromatic nitrogens is 1. The number of para-hydroxylation sites is 1. The van der Waals surface area contributed by atoms with Crippen molar-refractivity contribution in [1.82, 2.24) is 9.88 Å². The molecule has 128 valence electrons. The van der Waals surface area contributed by atoms with Crippen molar-refractivity contribution < 1.29 is 9.53 Å². The van der Waals surface area contributed by atoms with E-state index in [2.05, 4.69) is 40.2 Å². The normalized spacial score (nSPS) is 17.0. The van der Waals surface area contributed by atoms with Crippen LogP contribution in [0.5, 0.6) is 0 Å². The van der Waals surface area contributed by atoms with Gasteiger partial charge >= 0.3 is 0 Å². The molecule has 0 radical (unpaired) electrons. The lowest BCUT2D eigenvalue weighted by atomic mass is 10.1. The molecule has 1 amide bonds. The van der Waals surface area contributed by atoms with E-state index in [9.17, 15) is 4.79 Å². The molecule has 1 aliphatic rings. The summed E-state index contributed by atoms with van der Waals surface area (Å²) in [5.74, 6) is 0.0223. The summed E-state index contributed by atoms with van der Waals surface area (Å²) < 4.78 is 7.67. The molecule has 1 atom stereocenters. The molecule has 1 aliphatic heterocycles. The highest BCUT2D eigenvalue weighted by molar-refractivity contribution is 5.89. The van der Waals surface area contributed by atoms with Crippen molar-refractivity contribution in [3.05, 3.63) is 60.7 Å². The number of ether oxygens (including phenoxy) is 1. The van der Waals surface area contributed by atoms with Crippen molar-refractivity contribution in [2.24, 2.45) is 0 Å². The number of carbonyl (C=O) groups is 1. The summed E-state index contributed by atoms with van der Waals surface area (Å²) in [4.78, 5) is 12.5. The smallest absolute Gasteiger partial charge is 0.240 e. The lowest BCUT2D eigenvalue weighted by molar-refractivity contribution is -0.122. The van der Waals surface area contributed by atoms with Crippen LogP contribution < -0.4 is 5.32 Å². The van der Waals surface area contributed by atoms with E-state index >= 15 is 0 Å². The van der Waals surface area contributed by atoms with Gasteiger partial charge in [-0.3, -0.25) is 4.79 Å². The minimum Gasteiger partial charge on any atom is -0.376 e. The highest BCUT2D eigenvalue weighted by Gasteiger charge is 2.17. The third-order valence-electron chi connectivity index (χ3n) is 4.73. The van der Waals surface area contributed by atoms with Gasteiger partial charge in [0.15, 0.2) is 0 Å². The molecule has 1 unspecified atom stereocenters. The Balaban J connectivity index is 1.60. The average Bonchev–Trinajstić information content (AvgIpc) is 3.29. The summed E-state index contributed by atoms with van der Waals surface area (Å²) in [6.07, 6.45) is 2.28. The molecule has 0 saturated carbocycles. The fourth-order valence-electron chi connectivity index (χ4n) is 3.46. The van der Waals surface area contributed by atoms with Gasteiger partial charge in [-0.05, 0) is 30.5 Å². The fourth-order valence-corrected chi connectivity index (χ4v) is 3.46. The van der Waals surface area contributed by atoms with Crippen LogP contribution in [-0.2, 0) is 16.1 Å². The molecule has 1 saturated heterocycles. The number of carbonyl (C=O) groups excluding carboxylic acids is 1. The van der Waals surface area contributed by atoms with Crippen LogP contribution in [0.15, 0.2) is 60.7 Å². The van der Waals surface area contributed by atoms with Crippen molar-refractivity contribution >= 4 is 16.8 Å². The van der Waals surface area contributed by atoms with Gasteiger partial charge in [-0.15, -0.1) is 0 Å². The molecular weight excluding hydrogens is 312 g/mol. The molecule has 4 nitrogen and oxygen atoms in total. The lowest BCUT2D eigenvalue weighted by Gasteiger charge is -2.14. The number of nitrogens with one attached hydrogen (secondary N) is 1. The van der Waals surface area contributed by atoms with Gasteiger partial charge < -0.3 is 14.6 Å². The zero-order valence-corrected chi connectivity index (χ0v) is 14.2. The maximum Gasteiger partial charge on any atom is 0.240 e. The molecule has 2 aromatic carbocycles. The second-order valence-corrected chi connectivity index (χ2v) is 6.48. The summed E-state index contributed by atoms with van der Waals surface area (Å²) in [7, 11) is 0. The fraction of sp³-hybridized carbons (Fsp3) is 0.286. The molecule has 4 rings (SSSR count). The molecule has 3 aromatic rings. The van der Waals surface area contributed by atoms with E-state index in [-0.39, 0.29) is 12.0 Å². The third-order valence-corrected chi connectivity index (χ3v) is 4.73. The number of nitrogens with zero attached hydrogens (tertiary/aromatic N) is 1. The third kappa shape index (κ3) is 3.44. The van der Waals surface area contributed by atoms with Crippen LogP contribution in [0.1, 0.15) is 12.8 Å². The standard InChI is InChI=1S/C21H22N2O2/c24-21(22-14-18-10-6-12-25-18)15-23-19-11-5-4-9-17(19)13-20(23)16-7-2-1-3-8-16/h1-5,7-9,11,13,18H,6,10,12,14-15H2,(H,22,24). The van der Waals surface area contributed by atoms with E-state index in [1.54, 1.807) is 0 Å². The summed E-state index contributed by atoms with van der Waals surface area (Å²) in [5.41, 5.74) is 3.26. The first-order valence-electron chi connectivity index (χ1n) is 8.83. The van der Waals surface area contributed by atoms with Crippen LogP contribution in [0, 0.1) is 0 Å². The predicted molar refractivity (Wildman–Crippen MR) is 99.4 cm³/mol. The van der Waals surface area contributed by atoms with Gasteiger partial charge in [0.1, 0.15) is 6.54 Å². The minimum atomic E-state index is 0.0223. The topological polar surface area (TPSA) is 43.3 Å². The predicted octanol–water partition coefficient (Wildman–Crippen LogP) is 3.60. The number of hydrogen-bond acceptors (Lipinski definition) is 2. The molecule has 4 heteroatoms. The second-order valence-electron chi connectivity index (χ2n) is 6.48. The molecule has 1 aromatic heterocycles. The lowest BCUT2D eigenvalue weighted by Crippen LogP contribution is -2.34. The van der Waals surface area contributed by atoms with Gasteiger partial charge in [0, 0.05) is 29.7 Å². The first kappa shape index (κ1) is 15.9. The zero-order valence-electron chi connectivity index (χ0n) is 14.2. The van der Waals surface area contributed by atoms with E-state index in [4.69, 9.17) is 4.74 Å². The van der Waals surface area contributed by atoms with Crippen LogP contribution >= 0.6 is 0 Å². The van der Waals surface area contributed by atoms with Crippen molar-refractivity contribution in [3.63, 3.8) is 0 Å². The highest BCUT2D eigenvalue weighted by Crippen LogP contribution is 2.28. The van der Waals surface area contributed by atoms with E-state index < -0.39 is 0 Å². The molecule has 0 spiro atoms. The van der Waals surface area contributed by atoms with Crippen LogP contribution in [0.3, 0.4) is 0 Å². The number of hydrogen-bond donors (Lipinski definition) is 1. The minimum absolute atomic E-state index is 0.0223. The van der Waals surface area contributed by atoms with Gasteiger partial charge in [-0.25, -0.2) is 0 Å². The number of fused-ring (bicyclic) bond motifs is 1. The quantitative estimate of drug-likeness (QED) is 0.775. The molecule has 2 heterocycles. The maximum atomic E-state index is 12.5. The highest BCUT2D eigenvalue weighted by atomic mass is 16.5. The van der Waals surface area contributed by atoms with Crippen LogP contribution in [0.4, 0.5) is 0 Å². The summed E-state index contributed by atoms with van der Waals surface area (Å²) in [6.45, 7) is 1.71. The molecule has 0 aliphatic carbocycles. The number of rotatable bonds is 5. The zero-order chi connectivity index (χ0) is 17.1. The van der Waals surface area contributed by atoms with Crippen LogP contribution in [0.2, 0.25) is 0 Å². The van der Waals surface area contributed by atoms with Crippen molar-refractivity contribution in [1.29, 1.82) is 0 Å². The number of benzene rings is 2. The van der Waals surface area contributed by atoms with Crippen molar-refractivity contribution in [2.45, 2.75) is 25.5 Å². The first-order chi connectivity index (χ1) is 12.3. The Morgan fingerprint density at radius 1 is 1.12 bits per heavy atom. The summed E-state index contributed by atoms with van der Waals surface area (Å²) in [6, 6.07) is 20.5. The SMILES string of the molecule is O=C(Cn1c(-c2ccccc2)cc2ccccc21)NCC1CCCO1. The monoisotopic (exact) mass is 334 g/mol. The molecule has 0 bridgehead atoms. The van der Waals surface area contributed by atoms with E-state index in [1.165, 1.54) is 0 Å². The number of amides is 1. The summed E-state index contributed by atoms with van der Waals surface area (Å²) >= 11 is 0. The summed E-state index contributed by atoms with van der Waals surface area (Å²) in [5, 5.41) is 4.17. The Morgan fingerprint density at radius 3 is 2.72 bits per heavy atom. The van der Waals surface area contributed by atoms with E-state index in [1.807, 2.05) is 30.3 Å². The molecule has 1 N–H and O–H groups in total. The molecule has 25 heavy (non-hydrogen) atoms. The van der Waals surface area contributed by atoms with Crippen LogP contribution in [-0.4, -0.2) is 29.7 Å². The Morgan fingerprint density at radius 2 is 1.92 bits per heavy atom. The average molecular weight is 334 g/mol. The molecular formula is C21H22N2O2. The van der Waals surface area contributed by atoms with Gasteiger partial charge in [-0.1, -0.05) is 48.5 Å². The second kappa shape index (κ2) is 7.11. The van der Waals surface area contributed by atoms with Gasteiger partial charge in [0.2, 0.25) is 5.91 Å². The van der Waals surface area contributed by atoms with Crippen molar-refractivity contribution in [2.75, 3.05) is 13.2 Å². The van der Waals surface area contributed by atoms with E-state index in [0.29, 0.717) is 13.1 Å². The van der Waals surface area contributed by atoms with Gasteiger partial charge in [-0.2, -0.15) is 0 Å². The van der Waals surface area contributed by atoms with Gasteiger partial charge in [0.25, 0.3) is 0 Å². The van der Waals surface area contributed by atoms with Crippen molar-refractivity contribution in [3.8, 4) is 11.3 Å². The Kier molecular flexibility index (Phi) is 4.53. The van der Waals surface area contributed by atoms with E-state index in [0.717, 1.165) is 41.6 Å². The largest absolute Gasteiger partial charge is 0.376 e. The Bertz CT molecular complexity index is 864. The van der Waals surface area contributed by atoms with Gasteiger partial charge in [0.05, 0.1) is 6.10 Å². The molecule has 1 fully saturated rings. The first-order valence-corrected chi connectivity index (χ1v) is 8.83. The van der Waals surface area contributed by atoms with Crippen LogP contribution in [0.25, 0.3) is 22.2 Å². The Hall–Kier alpha value is -2.59.